The second-order valence-corrected chi connectivity index (χ2v) is 6.15. The van der Waals surface area contributed by atoms with Gasteiger partial charge in [-0.2, -0.15) is 0 Å². The van der Waals surface area contributed by atoms with Gasteiger partial charge in [0, 0.05) is 32.8 Å². The molecule has 0 bridgehead atoms. The first-order valence-corrected chi connectivity index (χ1v) is 7.36. The molecule has 0 atom stereocenters. The lowest BCUT2D eigenvalue weighted by atomic mass is 10.2. The summed E-state index contributed by atoms with van der Waals surface area (Å²) in [7, 11) is 4.60. The van der Waals surface area contributed by atoms with Crippen molar-refractivity contribution in [1.29, 1.82) is 0 Å². The van der Waals surface area contributed by atoms with E-state index in [1.165, 1.54) is 19.1 Å². The Morgan fingerprint density at radius 2 is 1.87 bits per heavy atom. The zero-order chi connectivity index (χ0) is 17.6. The van der Waals surface area contributed by atoms with E-state index in [1.54, 1.807) is 19.2 Å². The van der Waals surface area contributed by atoms with Crippen molar-refractivity contribution < 1.29 is 19.2 Å². The smallest absolute Gasteiger partial charge is 0.410 e. The van der Waals surface area contributed by atoms with Gasteiger partial charge in [0.05, 0.1) is 7.11 Å². The van der Waals surface area contributed by atoms with Crippen molar-refractivity contribution in [2.75, 3.05) is 27.7 Å². The minimum Gasteiger partial charge on any atom is -0.444 e. The van der Waals surface area contributed by atoms with E-state index in [4.69, 9.17) is 9.57 Å². The van der Waals surface area contributed by atoms with E-state index >= 15 is 0 Å². The first-order chi connectivity index (χ1) is 10.6. The molecule has 1 aromatic heterocycles. The maximum atomic E-state index is 12.0. The highest BCUT2D eigenvalue weighted by Gasteiger charge is 2.19. The van der Waals surface area contributed by atoms with Crippen molar-refractivity contribution in [2.24, 2.45) is 0 Å². The van der Waals surface area contributed by atoms with Crippen molar-refractivity contribution in [3.05, 3.63) is 29.6 Å². The normalized spacial score (nSPS) is 11.0. The van der Waals surface area contributed by atoms with E-state index in [2.05, 4.69) is 4.98 Å². The molecule has 7 heteroatoms. The minimum absolute atomic E-state index is 0.298. The third-order valence-corrected chi connectivity index (χ3v) is 2.99. The average molecular weight is 323 g/mol. The molecular weight excluding hydrogens is 298 g/mol. The monoisotopic (exact) mass is 323 g/mol. The highest BCUT2D eigenvalue weighted by atomic mass is 16.7. The molecule has 0 aliphatic heterocycles. The van der Waals surface area contributed by atoms with Crippen LogP contribution >= 0.6 is 0 Å². The number of ether oxygens (including phenoxy) is 1. The van der Waals surface area contributed by atoms with E-state index in [9.17, 15) is 9.59 Å². The number of hydrogen-bond acceptors (Lipinski definition) is 5. The number of amides is 2. The number of hydrogen-bond donors (Lipinski definition) is 0. The number of hydroxylamine groups is 2. The zero-order valence-electron chi connectivity index (χ0n) is 14.6. The third kappa shape index (κ3) is 6.23. The van der Waals surface area contributed by atoms with Gasteiger partial charge in [0.2, 0.25) is 0 Å². The maximum Gasteiger partial charge on any atom is 0.410 e. The zero-order valence-corrected chi connectivity index (χ0v) is 14.6. The van der Waals surface area contributed by atoms with Gasteiger partial charge in [0.15, 0.2) is 0 Å². The summed E-state index contributed by atoms with van der Waals surface area (Å²) >= 11 is 0. The molecule has 0 N–H and O–H groups in total. The number of aromatic nitrogens is 1. The van der Waals surface area contributed by atoms with Crippen LogP contribution in [0.5, 0.6) is 0 Å². The Labute approximate surface area is 137 Å². The van der Waals surface area contributed by atoms with Crippen LogP contribution in [-0.4, -0.2) is 60.3 Å². The molecule has 0 saturated carbocycles. The summed E-state index contributed by atoms with van der Waals surface area (Å²) in [6, 6.07) is 5.19. The van der Waals surface area contributed by atoms with Crippen LogP contribution in [0.2, 0.25) is 0 Å². The Kier molecular flexibility index (Phi) is 6.50. The lowest BCUT2D eigenvalue weighted by molar-refractivity contribution is -0.0760. The molecule has 128 valence electrons. The molecule has 0 fully saturated rings. The van der Waals surface area contributed by atoms with Crippen LogP contribution in [0.3, 0.4) is 0 Å². The summed E-state index contributed by atoms with van der Waals surface area (Å²) in [6.45, 7) is 5.91. The maximum absolute atomic E-state index is 12.0. The number of carbonyl (C=O) groups is 2. The molecule has 0 radical (unpaired) electrons. The standard InChI is InChI=1S/C16H25N3O4/c1-16(2,3)23-15(21)18(4)11-10-12-8-7-9-13(17-12)14(20)19(5)22-6/h7-9H,10-11H2,1-6H3. The molecule has 1 heterocycles. The van der Waals surface area contributed by atoms with Crippen LogP contribution in [0.4, 0.5) is 4.79 Å². The molecule has 0 aliphatic rings. The van der Waals surface area contributed by atoms with E-state index < -0.39 is 5.60 Å². The number of likely N-dealkylation sites (N-methyl/N-ethyl adjacent to an activating group) is 1. The summed E-state index contributed by atoms with van der Waals surface area (Å²) in [5, 5.41) is 1.11. The molecule has 1 aromatic rings. The minimum atomic E-state index is -0.527. The van der Waals surface area contributed by atoms with Gasteiger partial charge in [0.25, 0.3) is 5.91 Å². The number of nitrogens with zero attached hydrogens (tertiary/aromatic N) is 3. The van der Waals surface area contributed by atoms with Gasteiger partial charge >= 0.3 is 6.09 Å². The lowest BCUT2D eigenvalue weighted by Crippen LogP contribution is -2.35. The second-order valence-electron chi connectivity index (χ2n) is 6.15. The third-order valence-electron chi connectivity index (χ3n) is 2.99. The Bertz CT molecular complexity index is 555. The van der Waals surface area contributed by atoms with Crippen LogP contribution in [-0.2, 0) is 16.0 Å². The fourth-order valence-electron chi connectivity index (χ4n) is 1.70. The van der Waals surface area contributed by atoms with Gasteiger partial charge in [-0.05, 0) is 32.9 Å². The Hall–Kier alpha value is -2.15. The van der Waals surface area contributed by atoms with Crippen LogP contribution < -0.4 is 0 Å². The molecule has 0 aliphatic carbocycles. The quantitative estimate of drug-likeness (QED) is 0.776. The number of carbonyl (C=O) groups excluding carboxylic acids is 2. The predicted octanol–water partition coefficient (Wildman–Crippen LogP) is 2.12. The molecule has 2 amide bonds. The van der Waals surface area contributed by atoms with Crippen LogP contribution in [0.15, 0.2) is 18.2 Å². The SMILES string of the molecule is CON(C)C(=O)c1cccc(CCN(C)C(=O)OC(C)(C)C)n1. The average Bonchev–Trinajstić information content (AvgIpc) is 2.49. The molecule has 23 heavy (non-hydrogen) atoms. The van der Waals surface area contributed by atoms with Crippen LogP contribution in [0.1, 0.15) is 37.0 Å². The highest BCUT2D eigenvalue weighted by molar-refractivity contribution is 5.91. The van der Waals surface area contributed by atoms with Gasteiger partial charge in [-0.25, -0.2) is 14.8 Å². The largest absolute Gasteiger partial charge is 0.444 e. The van der Waals surface area contributed by atoms with Crippen molar-refractivity contribution in [3.63, 3.8) is 0 Å². The van der Waals surface area contributed by atoms with E-state index in [0.29, 0.717) is 18.7 Å². The Morgan fingerprint density at radius 1 is 1.22 bits per heavy atom. The summed E-state index contributed by atoms with van der Waals surface area (Å²) in [5.41, 5.74) is 0.489. The summed E-state index contributed by atoms with van der Waals surface area (Å²) in [4.78, 5) is 34.5. The Morgan fingerprint density at radius 3 is 2.43 bits per heavy atom. The van der Waals surface area contributed by atoms with Gasteiger partial charge in [-0.3, -0.25) is 9.63 Å². The number of pyridine rings is 1. The fourth-order valence-corrected chi connectivity index (χ4v) is 1.70. The first-order valence-electron chi connectivity index (χ1n) is 7.36. The molecule has 7 nitrogen and oxygen atoms in total. The summed E-state index contributed by atoms with van der Waals surface area (Å²) < 4.78 is 5.29. The van der Waals surface area contributed by atoms with E-state index in [-0.39, 0.29) is 12.0 Å². The highest BCUT2D eigenvalue weighted by Crippen LogP contribution is 2.10. The van der Waals surface area contributed by atoms with E-state index in [1.807, 2.05) is 26.8 Å². The number of rotatable bonds is 5. The molecule has 0 unspecified atom stereocenters. The van der Waals surface area contributed by atoms with Crippen molar-refractivity contribution in [2.45, 2.75) is 32.8 Å². The first kappa shape index (κ1) is 18.9. The molecular formula is C16H25N3O4. The molecule has 0 spiro atoms. The van der Waals surface area contributed by atoms with Gasteiger partial charge < -0.3 is 9.64 Å². The molecule has 0 saturated heterocycles. The molecule has 1 rings (SSSR count). The van der Waals surface area contributed by atoms with Crippen LogP contribution in [0, 0.1) is 0 Å². The van der Waals surface area contributed by atoms with Crippen LogP contribution in [0.25, 0.3) is 0 Å². The Balaban J connectivity index is 2.65. The topological polar surface area (TPSA) is 72.0 Å². The fraction of sp³-hybridized carbons (Fsp3) is 0.562. The van der Waals surface area contributed by atoms with Crippen molar-refractivity contribution in [3.8, 4) is 0 Å². The van der Waals surface area contributed by atoms with Gasteiger partial charge in [-0.1, -0.05) is 6.07 Å². The van der Waals surface area contributed by atoms with Gasteiger partial charge in [0.1, 0.15) is 11.3 Å². The molecule has 0 aromatic carbocycles. The van der Waals surface area contributed by atoms with Crippen molar-refractivity contribution in [1.82, 2.24) is 14.9 Å². The van der Waals surface area contributed by atoms with E-state index in [0.717, 1.165) is 10.8 Å². The van der Waals surface area contributed by atoms with Gasteiger partial charge in [-0.15, -0.1) is 0 Å². The van der Waals surface area contributed by atoms with Crippen molar-refractivity contribution >= 4 is 12.0 Å². The summed E-state index contributed by atoms with van der Waals surface area (Å²) in [5.74, 6) is -0.324. The second kappa shape index (κ2) is 7.92. The predicted molar refractivity (Wildman–Crippen MR) is 85.9 cm³/mol. The summed E-state index contributed by atoms with van der Waals surface area (Å²) in [6.07, 6.45) is 0.136. The lowest BCUT2D eigenvalue weighted by Gasteiger charge is -2.24.